The van der Waals surface area contributed by atoms with Crippen molar-refractivity contribution < 1.29 is 9.53 Å². The average Bonchev–Trinajstić information content (AvgIpc) is 3.00. The van der Waals surface area contributed by atoms with E-state index in [1.54, 1.807) is 4.90 Å². The fourth-order valence-electron chi connectivity index (χ4n) is 2.57. The number of H-pyrrole nitrogens is 1. The first-order valence-electron chi connectivity index (χ1n) is 7.25. The molecule has 1 unspecified atom stereocenters. The predicted octanol–water partition coefficient (Wildman–Crippen LogP) is 0.895. The quantitative estimate of drug-likeness (QED) is 0.904. The molecule has 3 rings (SSSR count). The highest BCUT2D eigenvalue weighted by molar-refractivity contribution is 5.90. The number of piperidine rings is 1. The maximum Gasteiger partial charge on any atom is 0.317 e. The second kappa shape index (κ2) is 6.08. The van der Waals surface area contributed by atoms with Gasteiger partial charge in [-0.05, 0) is 32.8 Å². The summed E-state index contributed by atoms with van der Waals surface area (Å²) in [5, 5.41) is 6.31. The molecule has 2 aromatic heterocycles. The number of hydrogen-bond donors (Lipinski definition) is 1. The molecule has 22 heavy (non-hydrogen) atoms. The largest absolute Gasteiger partial charge is 0.458 e. The van der Waals surface area contributed by atoms with E-state index in [1.165, 1.54) is 6.33 Å². The van der Waals surface area contributed by atoms with E-state index < -0.39 is 0 Å². The number of carbonyl (C=O) groups is 1. The zero-order chi connectivity index (χ0) is 15.5. The van der Waals surface area contributed by atoms with Gasteiger partial charge >= 0.3 is 6.01 Å². The summed E-state index contributed by atoms with van der Waals surface area (Å²) < 4.78 is 5.85. The van der Waals surface area contributed by atoms with Gasteiger partial charge in [0.2, 0.25) is 5.82 Å². The molecule has 1 amide bonds. The Balaban J connectivity index is 1.66. The van der Waals surface area contributed by atoms with Crippen LogP contribution in [-0.2, 0) is 0 Å². The minimum Gasteiger partial charge on any atom is -0.458 e. The second-order valence-corrected chi connectivity index (χ2v) is 5.40. The lowest BCUT2D eigenvalue weighted by Crippen LogP contribution is -2.44. The highest BCUT2D eigenvalue weighted by Crippen LogP contribution is 2.17. The van der Waals surface area contributed by atoms with E-state index in [4.69, 9.17) is 4.74 Å². The highest BCUT2D eigenvalue weighted by atomic mass is 16.5. The SMILES string of the molecule is Cc1cc(C)nc(OC2CCCN(C(=O)c3ncn[nH]3)C2)n1. The Morgan fingerprint density at radius 1 is 1.36 bits per heavy atom. The first-order valence-corrected chi connectivity index (χ1v) is 7.25. The standard InChI is InChI=1S/C14H18N6O2/c1-9-6-10(2)18-14(17-9)22-11-4-3-5-20(7-11)13(21)12-15-8-16-19-12/h6,8,11H,3-5,7H2,1-2H3,(H,15,16,19). The lowest BCUT2D eigenvalue weighted by atomic mass is 10.1. The molecule has 116 valence electrons. The molecule has 1 saturated heterocycles. The van der Waals surface area contributed by atoms with Gasteiger partial charge in [0.05, 0.1) is 6.54 Å². The summed E-state index contributed by atoms with van der Waals surface area (Å²) in [4.78, 5) is 26.5. The van der Waals surface area contributed by atoms with Crippen molar-refractivity contribution in [2.24, 2.45) is 0 Å². The van der Waals surface area contributed by atoms with Gasteiger partial charge in [0.1, 0.15) is 12.4 Å². The summed E-state index contributed by atoms with van der Waals surface area (Å²) in [6, 6.07) is 2.27. The zero-order valence-electron chi connectivity index (χ0n) is 12.6. The fraction of sp³-hybridized carbons (Fsp3) is 0.500. The van der Waals surface area contributed by atoms with Crippen LogP contribution in [-0.4, -0.2) is 55.1 Å². The number of hydrogen-bond acceptors (Lipinski definition) is 6. The molecule has 1 atom stereocenters. The van der Waals surface area contributed by atoms with Crippen LogP contribution in [0.4, 0.5) is 0 Å². The maximum atomic E-state index is 12.3. The van der Waals surface area contributed by atoms with Gasteiger partial charge in [0.25, 0.3) is 5.91 Å². The molecule has 0 radical (unpaired) electrons. The van der Waals surface area contributed by atoms with Gasteiger partial charge in [-0.3, -0.25) is 9.89 Å². The van der Waals surface area contributed by atoms with Crippen LogP contribution in [0.1, 0.15) is 34.8 Å². The van der Waals surface area contributed by atoms with Crippen LogP contribution in [0.25, 0.3) is 0 Å². The lowest BCUT2D eigenvalue weighted by molar-refractivity contribution is 0.0505. The molecule has 0 aliphatic carbocycles. The third kappa shape index (κ3) is 3.21. The van der Waals surface area contributed by atoms with Crippen LogP contribution in [0.3, 0.4) is 0 Å². The van der Waals surface area contributed by atoms with E-state index in [-0.39, 0.29) is 17.8 Å². The second-order valence-electron chi connectivity index (χ2n) is 5.40. The van der Waals surface area contributed by atoms with Crippen LogP contribution in [0.5, 0.6) is 6.01 Å². The zero-order valence-corrected chi connectivity index (χ0v) is 12.6. The van der Waals surface area contributed by atoms with E-state index in [9.17, 15) is 4.79 Å². The molecular formula is C14H18N6O2. The van der Waals surface area contributed by atoms with Crippen LogP contribution < -0.4 is 4.74 Å². The summed E-state index contributed by atoms with van der Waals surface area (Å²) in [6.45, 7) is 4.99. The van der Waals surface area contributed by atoms with Crippen LogP contribution in [0, 0.1) is 13.8 Å². The molecule has 8 heteroatoms. The van der Waals surface area contributed by atoms with Gasteiger partial charge in [0, 0.05) is 17.9 Å². The maximum absolute atomic E-state index is 12.3. The molecule has 1 aliphatic heterocycles. The first kappa shape index (κ1) is 14.4. The summed E-state index contributed by atoms with van der Waals surface area (Å²) >= 11 is 0. The van der Waals surface area contributed by atoms with Crippen LogP contribution in [0.2, 0.25) is 0 Å². The number of rotatable bonds is 3. The van der Waals surface area contributed by atoms with E-state index >= 15 is 0 Å². The Hall–Kier alpha value is -2.51. The smallest absolute Gasteiger partial charge is 0.317 e. The van der Waals surface area contributed by atoms with E-state index in [0.29, 0.717) is 19.1 Å². The van der Waals surface area contributed by atoms with Gasteiger partial charge in [-0.1, -0.05) is 0 Å². The van der Waals surface area contributed by atoms with Crippen molar-refractivity contribution in [2.45, 2.75) is 32.8 Å². The van der Waals surface area contributed by atoms with Gasteiger partial charge in [0.15, 0.2) is 0 Å². The molecule has 0 spiro atoms. The van der Waals surface area contributed by atoms with Gasteiger partial charge in [-0.15, -0.1) is 0 Å². The number of aromatic amines is 1. The van der Waals surface area contributed by atoms with E-state index in [0.717, 1.165) is 24.2 Å². The number of carbonyl (C=O) groups excluding carboxylic acids is 1. The minimum atomic E-state index is -0.160. The normalized spacial score (nSPS) is 18.3. The lowest BCUT2D eigenvalue weighted by Gasteiger charge is -2.31. The number of aryl methyl sites for hydroxylation is 2. The molecule has 8 nitrogen and oxygen atoms in total. The molecule has 1 aliphatic rings. The number of ether oxygens (including phenoxy) is 1. The number of nitrogens with zero attached hydrogens (tertiary/aromatic N) is 5. The first-order chi connectivity index (χ1) is 10.6. The fourth-order valence-corrected chi connectivity index (χ4v) is 2.57. The Kier molecular flexibility index (Phi) is 3.99. The highest BCUT2D eigenvalue weighted by Gasteiger charge is 2.27. The Morgan fingerprint density at radius 3 is 2.82 bits per heavy atom. The molecule has 0 aromatic carbocycles. The van der Waals surface area contributed by atoms with Gasteiger partial charge < -0.3 is 9.64 Å². The third-order valence-corrected chi connectivity index (χ3v) is 3.52. The summed E-state index contributed by atoms with van der Waals surface area (Å²) in [5.74, 6) is 0.0930. The molecule has 1 fully saturated rings. The molecule has 0 saturated carbocycles. The third-order valence-electron chi connectivity index (χ3n) is 3.52. The topological polar surface area (TPSA) is 96.9 Å². The molecule has 3 heterocycles. The van der Waals surface area contributed by atoms with Crippen molar-refractivity contribution in [3.63, 3.8) is 0 Å². The van der Waals surface area contributed by atoms with Crippen molar-refractivity contribution in [3.05, 3.63) is 29.6 Å². The van der Waals surface area contributed by atoms with Crippen molar-refractivity contribution in [3.8, 4) is 6.01 Å². The number of nitrogens with one attached hydrogen (secondary N) is 1. The molecule has 1 N–H and O–H groups in total. The van der Waals surface area contributed by atoms with Crippen LogP contribution in [0.15, 0.2) is 12.4 Å². The monoisotopic (exact) mass is 302 g/mol. The summed E-state index contributed by atoms with van der Waals surface area (Å²) in [7, 11) is 0. The van der Waals surface area contributed by atoms with E-state index in [2.05, 4.69) is 25.1 Å². The Bertz CT molecular complexity index is 637. The number of aromatic nitrogens is 5. The average molecular weight is 302 g/mol. The van der Waals surface area contributed by atoms with Gasteiger partial charge in [-0.2, -0.15) is 5.10 Å². The number of amides is 1. The summed E-state index contributed by atoms with van der Waals surface area (Å²) in [5.41, 5.74) is 1.74. The minimum absolute atomic E-state index is 0.109. The molecular weight excluding hydrogens is 284 g/mol. The Morgan fingerprint density at radius 2 is 2.14 bits per heavy atom. The number of likely N-dealkylation sites (tertiary alicyclic amines) is 1. The van der Waals surface area contributed by atoms with Crippen molar-refractivity contribution in [1.82, 2.24) is 30.0 Å². The summed E-state index contributed by atoms with van der Waals surface area (Å²) in [6.07, 6.45) is 2.96. The molecule has 0 bridgehead atoms. The van der Waals surface area contributed by atoms with Crippen LogP contribution >= 0.6 is 0 Å². The van der Waals surface area contributed by atoms with E-state index in [1.807, 2.05) is 19.9 Å². The van der Waals surface area contributed by atoms with Gasteiger partial charge in [-0.25, -0.2) is 15.0 Å². The predicted molar refractivity (Wildman–Crippen MR) is 77.4 cm³/mol. The van der Waals surface area contributed by atoms with Crippen molar-refractivity contribution in [2.75, 3.05) is 13.1 Å². The Labute approximate surface area is 127 Å². The van der Waals surface area contributed by atoms with Crippen molar-refractivity contribution >= 4 is 5.91 Å². The van der Waals surface area contributed by atoms with Crippen molar-refractivity contribution in [1.29, 1.82) is 0 Å². The molecule has 2 aromatic rings.